The zero-order valence-electron chi connectivity index (χ0n) is 10.8. The molecule has 1 aromatic rings. The molecule has 1 aromatic heterocycles. The van der Waals surface area contributed by atoms with E-state index >= 15 is 0 Å². The van der Waals surface area contributed by atoms with Gasteiger partial charge in [0.1, 0.15) is 5.82 Å². The van der Waals surface area contributed by atoms with E-state index < -0.39 is 0 Å². The molecule has 2 aliphatic rings. The van der Waals surface area contributed by atoms with Gasteiger partial charge in [-0.2, -0.15) is 0 Å². The van der Waals surface area contributed by atoms with Gasteiger partial charge in [0.25, 0.3) is 0 Å². The molecular formula is C14H21N3O. The SMILES string of the molecule is c1cc(C2CCCN2)nc(N2CCCOCC2)c1. The van der Waals surface area contributed by atoms with Crippen LogP contribution in [0.3, 0.4) is 0 Å². The topological polar surface area (TPSA) is 37.4 Å². The van der Waals surface area contributed by atoms with E-state index in [0.717, 1.165) is 45.1 Å². The molecule has 0 aromatic carbocycles. The van der Waals surface area contributed by atoms with Crippen LogP contribution in [0.4, 0.5) is 5.82 Å². The Morgan fingerprint density at radius 2 is 2.22 bits per heavy atom. The van der Waals surface area contributed by atoms with E-state index in [9.17, 15) is 0 Å². The highest BCUT2D eigenvalue weighted by Gasteiger charge is 2.19. The zero-order valence-corrected chi connectivity index (χ0v) is 10.8. The summed E-state index contributed by atoms with van der Waals surface area (Å²) in [6.07, 6.45) is 3.56. The van der Waals surface area contributed by atoms with Crippen molar-refractivity contribution in [3.8, 4) is 0 Å². The molecule has 0 radical (unpaired) electrons. The first kappa shape index (κ1) is 11.9. The lowest BCUT2D eigenvalue weighted by atomic mass is 10.1. The smallest absolute Gasteiger partial charge is 0.128 e. The zero-order chi connectivity index (χ0) is 12.2. The van der Waals surface area contributed by atoms with Gasteiger partial charge in [0, 0.05) is 25.7 Å². The number of nitrogens with zero attached hydrogens (tertiary/aromatic N) is 2. The van der Waals surface area contributed by atoms with Gasteiger partial charge >= 0.3 is 0 Å². The van der Waals surface area contributed by atoms with E-state index in [2.05, 4.69) is 28.4 Å². The standard InChI is InChI=1S/C14H21N3O/c1-4-13(12-5-2-7-15-12)16-14(6-1)17-8-3-10-18-11-9-17/h1,4,6,12,15H,2-3,5,7-11H2. The molecule has 0 amide bonds. The van der Waals surface area contributed by atoms with Crippen LogP contribution in [-0.4, -0.2) is 37.8 Å². The molecule has 1 atom stereocenters. The third-order valence-corrected chi connectivity index (χ3v) is 3.72. The molecule has 0 spiro atoms. The molecule has 2 aliphatic heterocycles. The summed E-state index contributed by atoms with van der Waals surface area (Å²) in [6.45, 7) is 4.81. The number of rotatable bonds is 2. The molecule has 2 saturated heterocycles. The first-order valence-corrected chi connectivity index (χ1v) is 6.96. The van der Waals surface area contributed by atoms with Crippen molar-refractivity contribution in [1.82, 2.24) is 10.3 Å². The van der Waals surface area contributed by atoms with Gasteiger partial charge in [0.2, 0.25) is 0 Å². The summed E-state index contributed by atoms with van der Waals surface area (Å²) in [5.74, 6) is 1.10. The normalized spacial score (nSPS) is 25.1. The molecular weight excluding hydrogens is 226 g/mol. The van der Waals surface area contributed by atoms with Crippen LogP contribution in [0.5, 0.6) is 0 Å². The molecule has 1 N–H and O–H groups in total. The van der Waals surface area contributed by atoms with Gasteiger partial charge in [-0.25, -0.2) is 4.98 Å². The van der Waals surface area contributed by atoms with Crippen molar-refractivity contribution in [1.29, 1.82) is 0 Å². The molecule has 3 rings (SSSR count). The Hall–Kier alpha value is -1.13. The van der Waals surface area contributed by atoms with Crippen LogP contribution in [-0.2, 0) is 4.74 Å². The van der Waals surface area contributed by atoms with Crippen molar-refractivity contribution >= 4 is 5.82 Å². The van der Waals surface area contributed by atoms with Crippen molar-refractivity contribution in [2.75, 3.05) is 37.7 Å². The van der Waals surface area contributed by atoms with E-state index in [1.807, 2.05) is 0 Å². The van der Waals surface area contributed by atoms with E-state index in [-0.39, 0.29) is 0 Å². The van der Waals surface area contributed by atoms with Crippen LogP contribution in [0.15, 0.2) is 18.2 Å². The molecule has 4 nitrogen and oxygen atoms in total. The first-order valence-electron chi connectivity index (χ1n) is 6.96. The predicted molar refractivity (Wildman–Crippen MR) is 71.9 cm³/mol. The molecule has 4 heteroatoms. The number of pyridine rings is 1. The second kappa shape index (κ2) is 5.67. The van der Waals surface area contributed by atoms with Crippen molar-refractivity contribution in [2.24, 2.45) is 0 Å². The highest BCUT2D eigenvalue weighted by atomic mass is 16.5. The van der Waals surface area contributed by atoms with Crippen LogP contribution < -0.4 is 10.2 Å². The fourth-order valence-corrected chi connectivity index (χ4v) is 2.72. The lowest BCUT2D eigenvalue weighted by Crippen LogP contribution is -2.27. The van der Waals surface area contributed by atoms with E-state index in [1.54, 1.807) is 0 Å². The fraction of sp³-hybridized carbons (Fsp3) is 0.643. The monoisotopic (exact) mass is 247 g/mol. The summed E-state index contributed by atoms with van der Waals surface area (Å²) in [5.41, 5.74) is 1.19. The maximum absolute atomic E-state index is 5.49. The second-order valence-corrected chi connectivity index (χ2v) is 5.02. The molecule has 0 saturated carbocycles. The Morgan fingerprint density at radius 3 is 3.11 bits per heavy atom. The predicted octanol–water partition coefficient (Wildman–Crippen LogP) is 1.73. The Labute approximate surface area is 108 Å². The van der Waals surface area contributed by atoms with E-state index in [0.29, 0.717) is 6.04 Å². The molecule has 98 valence electrons. The molecule has 2 fully saturated rings. The minimum atomic E-state index is 0.452. The molecule has 0 bridgehead atoms. The largest absolute Gasteiger partial charge is 0.380 e. The van der Waals surface area contributed by atoms with Crippen molar-refractivity contribution in [3.05, 3.63) is 23.9 Å². The van der Waals surface area contributed by atoms with E-state index in [1.165, 1.54) is 18.5 Å². The average Bonchev–Trinajstić information content (AvgIpc) is 2.82. The van der Waals surface area contributed by atoms with Gasteiger partial charge in [0.05, 0.1) is 12.3 Å². The first-order chi connectivity index (χ1) is 8.93. The lowest BCUT2D eigenvalue weighted by Gasteiger charge is -2.22. The molecule has 0 aliphatic carbocycles. The van der Waals surface area contributed by atoms with Crippen molar-refractivity contribution in [3.63, 3.8) is 0 Å². The summed E-state index contributed by atoms with van der Waals surface area (Å²) >= 11 is 0. The lowest BCUT2D eigenvalue weighted by molar-refractivity contribution is 0.152. The van der Waals surface area contributed by atoms with Gasteiger partial charge in [-0.3, -0.25) is 0 Å². The van der Waals surface area contributed by atoms with Crippen LogP contribution in [0.25, 0.3) is 0 Å². The summed E-state index contributed by atoms with van der Waals surface area (Å²) in [6, 6.07) is 6.83. The van der Waals surface area contributed by atoms with Crippen molar-refractivity contribution in [2.45, 2.75) is 25.3 Å². The fourth-order valence-electron chi connectivity index (χ4n) is 2.72. The van der Waals surface area contributed by atoms with Gasteiger partial charge in [-0.05, 0) is 37.9 Å². The average molecular weight is 247 g/mol. The van der Waals surface area contributed by atoms with Crippen LogP contribution in [0.2, 0.25) is 0 Å². The number of hydrogen-bond acceptors (Lipinski definition) is 4. The quantitative estimate of drug-likeness (QED) is 0.863. The molecule has 1 unspecified atom stereocenters. The Balaban J connectivity index is 1.76. The number of anilines is 1. The van der Waals surface area contributed by atoms with Crippen LogP contribution in [0.1, 0.15) is 31.0 Å². The third kappa shape index (κ3) is 2.65. The number of hydrogen-bond donors (Lipinski definition) is 1. The Morgan fingerprint density at radius 1 is 1.22 bits per heavy atom. The summed E-state index contributed by atoms with van der Waals surface area (Å²) in [7, 11) is 0. The van der Waals surface area contributed by atoms with E-state index in [4.69, 9.17) is 9.72 Å². The number of nitrogens with one attached hydrogen (secondary N) is 1. The highest BCUT2D eigenvalue weighted by Crippen LogP contribution is 2.23. The highest BCUT2D eigenvalue weighted by molar-refractivity contribution is 5.40. The Kier molecular flexibility index (Phi) is 3.76. The minimum absolute atomic E-state index is 0.452. The third-order valence-electron chi connectivity index (χ3n) is 3.72. The molecule has 18 heavy (non-hydrogen) atoms. The Bertz CT molecular complexity index is 382. The van der Waals surface area contributed by atoms with Crippen molar-refractivity contribution < 1.29 is 4.74 Å². The molecule has 3 heterocycles. The van der Waals surface area contributed by atoms with Gasteiger partial charge in [-0.1, -0.05) is 6.07 Å². The maximum atomic E-state index is 5.49. The second-order valence-electron chi connectivity index (χ2n) is 5.02. The number of ether oxygens (including phenoxy) is 1. The minimum Gasteiger partial charge on any atom is -0.380 e. The van der Waals surface area contributed by atoms with Gasteiger partial charge in [-0.15, -0.1) is 0 Å². The van der Waals surface area contributed by atoms with Crippen LogP contribution >= 0.6 is 0 Å². The van der Waals surface area contributed by atoms with Crippen LogP contribution in [0, 0.1) is 0 Å². The maximum Gasteiger partial charge on any atom is 0.128 e. The van der Waals surface area contributed by atoms with Gasteiger partial charge < -0.3 is 15.0 Å². The van der Waals surface area contributed by atoms with Gasteiger partial charge in [0.15, 0.2) is 0 Å². The number of aromatic nitrogens is 1. The summed E-state index contributed by atoms with van der Waals surface area (Å²) in [4.78, 5) is 7.17. The summed E-state index contributed by atoms with van der Waals surface area (Å²) < 4.78 is 5.49. The summed E-state index contributed by atoms with van der Waals surface area (Å²) in [5, 5.41) is 3.51.